The molecule has 0 saturated carbocycles. The van der Waals surface area contributed by atoms with Crippen LogP contribution >= 0.6 is 22.9 Å². The number of piperidine rings is 1. The summed E-state index contributed by atoms with van der Waals surface area (Å²) in [6.07, 6.45) is 3.79. The average molecular weight is 464 g/mol. The van der Waals surface area contributed by atoms with Gasteiger partial charge in [-0.05, 0) is 41.7 Å². The highest BCUT2D eigenvalue weighted by Crippen LogP contribution is 2.28. The summed E-state index contributed by atoms with van der Waals surface area (Å²) in [6.45, 7) is 2.40. The van der Waals surface area contributed by atoms with Crippen molar-refractivity contribution in [3.05, 3.63) is 63.9 Å². The van der Waals surface area contributed by atoms with E-state index >= 15 is 0 Å². The molecule has 32 heavy (non-hydrogen) atoms. The second kappa shape index (κ2) is 8.96. The van der Waals surface area contributed by atoms with Crippen LogP contribution in [0.1, 0.15) is 23.2 Å². The zero-order chi connectivity index (χ0) is 22.1. The monoisotopic (exact) mass is 463 g/mol. The highest BCUT2D eigenvalue weighted by molar-refractivity contribution is 7.08. The standard InChI is InChI=1S/C23H23BClN5OS/c24-18-13-27-30-21(11-20(28-22(18)30)17-3-1-2-4-19(17)25)26-12-15-5-8-29(9-6-15)23(31)16-7-10-32-14-16/h1-4,7,10-11,13-15,26H,5-6,8-9,12,24H2. The van der Waals surface area contributed by atoms with Crippen molar-refractivity contribution < 1.29 is 4.79 Å². The number of nitrogens with zero attached hydrogens (tertiary/aromatic N) is 4. The quantitative estimate of drug-likeness (QED) is 0.461. The Kier molecular flexibility index (Phi) is 5.89. The molecular formula is C23H23BClN5OS. The molecule has 4 aromatic rings. The number of benzene rings is 1. The van der Waals surface area contributed by atoms with Gasteiger partial charge in [-0.25, -0.2) is 4.98 Å². The fraction of sp³-hybridized carbons (Fsp3) is 0.261. The Morgan fingerprint density at radius 1 is 1.25 bits per heavy atom. The van der Waals surface area contributed by atoms with Gasteiger partial charge < -0.3 is 10.2 Å². The van der Waals surface area contributed by atoms with Crippen LogP contribution in [0.25, 0.3) is 16.9 Å². The fourth-order valence-corrected chi connectivity index (χ4v) is 5.03. The predicted molar refractivity (Wildman–Crippen MR) is 133 cm³/mol. The van der Waals surface area contributed by atoms with Gasteiger partial charge in [0.2, 0.25) is 0 Å². The van der Waals surface area contributed by atoms with Crippen LogP contribution in [0.2, 0.25) is 5.02 Å². The lowest BCUT2D eigenvalue weighted by molar-refractivity contribution is 0.0695. The third kappa shape index (κ3) is 4.12. The minimum atomic E-state index is 0.143. The molecule has 0 unspecified atom stereocenters. The number of amides is 1. The number of carbonyl (C=O) groups is 1. The van der Waals surface area contributed by atoms with E-state index in [1.54, 1.807) is 11.3 Å². The van der Waals surface area contributed by atoms with Gasteiger partial charge in [-0.15, -0.1) is 0 Å². The maximum absolute atomic E-state index is 12.6. The normalized spacial score (nSPS) is 14.7. The molecule has 1 aliphatic rings. The first-order valence-electron chi connectivity index (χ1n) is 10.8. The van der Waals surface area contributed by atoms with Crippen LogP contribution in [-0.4, -0.2) is 52.9 Å². The van der Waals surface area contributed by atoms with E-state index in [0.29, 0.717) is 10.9 Å². The molecule has 6 nitrogen and oxygen atoms in total. The number of likely N-dealkylation sites (tertiary alicyclic amines) is 1. The van der Waals surface area contributed by atoms with Crippen LogP contribution in [0.4, 0.5) is 5.82 Å². The van der Waals surface area contributed by atoms with Gasteiger partial charge in [-0.3, -0.25) is 4.79 Å². The molecule has 0 bridgehead atoms. The minimum Gasteiger partial charge on any atom is -0.370 e. The smallest absolute Gasteiger partial charge is 0.254 e. The van der Waals surface area contributed by atoms with Crippen LogP contribution in [0.3, 0.4) is 0 Å². The number of rotatable bonds is 5. The zero-order valence-corrected chi connectivity index (χ0v) is 19.4. The molecule has 1 fully saturated rings. The van der Waals surface area contributed by atoms with Gasteiger partial charge >= 0.3 is 0 Å². The number of thiophene rings is 1. The summed E-state index contributed by atoms with van der Waals surface area (Å²) in [5, 5.41) is 12.6. The number of anilines is 1. The number of aromatic nitrogens is 3. The SMILES string of the molecule is Bc1cnn2c(NCC3CCN(C(=O)c4ccsc4)CC3)cc(-c3ccccc3Cl)nc12. The highest BCUT2D eigenvalue weighted by Gasteiger charge is 2.24. The molecule has 5 rings (SSSR count). The minimum absolute atomic E-state index is 0.143. The van der Waals surface area contributed by atoms with Gasteiger partial charge in [-0.1, -0.05) is 29.8 Å². The number of fused-ring (bicyclic) bond motifs is 1. The van der Waals surface area contributed by atoms with Crippen molar-refractivity contribution in [1.82, 2.24) is 19.5 Å². The molecule has 1 N–H and O–H groups in total. The van der Waals surface area contributed by atoms with Crippen LogP contribution in [0.15, 0.2) is 53.4 Å². The van der Waals surface area contributed by atoms with Crippen LogP contribution < -0.4 is 10.8 Å². The second-order valence-electron chi connectivity index (χ2n) is 8.20. The number of hydrogen-bond acceptors (Lipinski definition) is 5. The largest absolute Gasteiger partial charge is 0.370 e. The molecule has 0 spiro atoms. The number of carbonyl (C=O) groups excluding carboxylic acids is 1. The Morgan fingerprint density at radius 2 is 2.06 bits per heavy atom. The van der Waals surface area contributed by atoms with E-state index in [2.05, 4.69) is 10.4 Å². The van der Waals surface area contributed by atoms with Gasteiger partial charge in [-0.2, -0.15) is 21.0 Å². The van der Waals surface area contributed by atoms with Gasteiger partial charge in [0.25, 0.3) is 5.91 Å². The van der Waals surface area contributed by atoms with E-state index < -0.39 is 0 Å². The van der Waals surface area contributed by atoms with Crippen LogP contribution in [0, 0.1) is 5.92 Å². The molecule has 1 aliphatic heterocycles. The van der Waals surface area contributed by atoms with Crippen molar-refractivity contribution in [3.8, 4) is 11.3 Å². The first-order chi connectivity index (χ1) is 15.6. The molecule has 0 radical (unpaired) electrons. The predicted octanol–water partition coefficient (Wildman–Crippen LogP) is 3.33. The van der Waals surface area contributed by atoms with Gasteiger partial charge in [0.1, 0.15) is 13.7 Å². The summed E-state index contributed by atoms with van der Waals surface area (Å²) in [5.74, 6) is 1.53. The van der Waals surface area contributed by atoms with Crippen LogP contribution in [0.5, 0.6) is 0 Å². The summed E-state index contributed by atoms with van der Waals surface area (Å²) >= 11 is 8.00. The highest BCUT2D eigenvalue weighted by atomic mass is 35.5. The summed E-state index contributed by atoms with van der Waals surface area (Å²) in [7, 11) is 2.01. The van der Waals surface area contributed by atoms with Gasteiger partial charge in [0.05, 0.1) is 11.3 Å². The van der Waals surface area contributed by atoms with E-state index in [-0.39, 0.29) is 5.91 Å². The third-order valence-electron chi connectivity index (χ3n) is 6.04. The maximum atomic E-state index is 12.6. The maximum Gasteiger partial charge on any atom is 0.254 e. The van der Waals surface area contributed by atoms with Crippen molar-refractivity contribution in [3.63, 3.8) is 0 Å². The first kappa shape index (κ1) is 21.0. The van der Waals surface area contributed by atoms with Crippen LogP contribution in [-0.2, 0) is 0 Å². The van der Waals surface area contributed by atoms with E-state index in [0.717, 1.165) is 66.2 Å². The lowest BCUT2D eigenvalue weighted by atomic mass is 9.96. The molecule has 1 saturated heterocycles. The molecule has 9 heteroatoms. The van der Waals surface area contributed by atoms with E-state index in [1.807, 2.05) is 70.6 Å². The molecule has 4 heterocycles. The molecular weight excluding hydrogens is 441 g/mol. The molecule has 1 aromatic carbocycles. The van der Waals surface area contributed by atoms with Crippen molar-refractivity contribution in [2.24, 2.45) is 5.92 Å². The Bertz CT molecular complexity index is 1250. The topological polar surface area (TPSA) is 62.5 Å². The Hall–Kier alpha value is -2.84. The first-order valence-corrected chi connectivity index (χ1v) is 12.1. The summed E-state index contributed by atoms with van der Waals surface area (Å²) in [6, 6.07) is 11.7. The van der Waals surface area contributed by atoms with Gasteiger partial charge in [0, 0.05) is 47.9 Å². The van der Waals surface area contributed by atoms with Crippen molar-refractivity contribution >= 4 is 53.6 Å². The summed E-state index contributed by atoms with van der Waals surface area (Å²) in [5.41, 5.74) is 4.36. The lowest BCUT2D eigenvalue weighted by Gasteiger charge is -2.32. The lowest BCUT2D eigenvalue weighted by Crippen LogP contribution is -2.39. The molecule has 0 atom stereocenters. The Labute approximate surface area is 196 Å². The third-order valence-corrected chi connectivity index (χ3v) is 7.05. The van der Waals surface area contributed by atoms with Crippen molar-refractivity contribution in [2.75, 3.05) is 25.0 Å². The Morgan fingerprint density at radius 3 is 2.81 bits per heavy atom. The second-order valence-corrected chi connectivity index (χ2v) is 9.39. The number of nitrogens with one attached hydrogen (secondary N) is 1. The van der Waals surface area contributed by atoms with Crippen molar-refractivity contribution in [2.45, 2.75) is 12.8 Å². The fourth-order valence-electron chi connectivity index (χ4n) is 4.16. The molecule has 162 valence electrons. The summed E-state index contributed by atoms with van der Waals surface area (Å²) in [4.78, 5) is 19.4. The molecule has 0 aliphatic carbocycles. The zero-order valence-electron chi connectivity index (χ0n) is 17.8. The van der Waals surface area contributed by atoms with E-state index in [4.69, 9.17) is 16.6 Å². The molecule has 1 amide bonds. The average Bonchev–Trinajstić information content (AvgIpc) is 3.48. The number of halogens is 1. The van der Waals surface area contributed by atoms with E-state index in [9.17, 15) is 4.79 Å². The van der Waals surface area contributed by atoms with Crippen molar-refractivity contribution in [1.29, 1.82) is 0 Å². The Balaban J connectivity index is 1.31. The number of hydrogen-bond donors (Lipinski definition) is 1. The summed E-state index contributed by atoms with van der Waals surface area (Å²) < 4.78 is 1.85. The van der Waals surface area contributed by atoms with Gasteiger partial charge in [0.15, 0.2) is 5.65 Å². The van der Waals surface area contributed by atoms with E-state index in [1.165, 1.54) is 0 Å². The molecule has 3 aromatic heterocycles.